The Morgan fingerprint density at radius 3 is 2.32 bits per heavy atom. The van der Waals surface area contributed by atoms with Crippen molar-refractivity contribution in [1.82, 2.24) is 14.1 Å². The number of sulfonamides is 1. The number of likely N-dealkylation sites (N-methyl/N-ethyl adjacent to an activating group) is 1. The van der Waals surface area contributed by atoms with E-state index in [9.17, 15) is 22.8 Å². The number of carbonyl (C=O) groups excluding carboxylic acids is 3. The fourth-order valence-corrected chi connectivity index (χ4v) is 5.49. The lowest BCUT2D eigenvalue weighted by atomic mass is 9.98. The zero-order valence-corrected chi connectivity index (χ0v) is 21.5. The fourth-order valence-electron chi connectivity index (χ4n) is 4.03. The van der Waals surface area contributed by atoms with Crippen LogP contribution < -0.4 is 0 Å². The molecule has 0 aliphatic carbocycles. The molecule has 2 rings (SSSR count). The molecule has 0 N–H and O–H groups in total. The van der Waals surface area contributed by atoms with Crippen LogP contribution in [0.15, 0.2) is 29.2 Å². The van der Waals surface area contributed by atoms with Crippen molar-refractivity contribution in [1.29, 1.82) is 0 Å². The summed E-state index contributed by atoms with van der Waals surface area (Å²) in [6.07, 6.45) is 2.08. The molecule has 0 radical (unpaired) electrons. The molecule has 0 bridgehead atoms. The third-order valence-corrected chi connectivity index (χ3v) is 8.15. The zero-order valence-electron chi connectivity index (χ0n) is 20.7. The molecule has 1 aromatic carbocycles. The van der Waals surface area contributed by atoms with Crippen LogP contribution in [-0.2, 0) is 35.6 Å². The number of amides is 2. The normalized spacial score (nSPS) is 16.4. The van der Waals surface area contributed by atoms with Crippen LogP contribution in [0.1, 0.15) is 45.6 Å². The molecule has 9 nitrogen and oxygen atoms in total. The van der Waals surface area contributed by atoms with Gasteiger partial charge in [-0.1, -0.05) is 26.0 Å². The summed E-state index contributed by atoms with van der Waals surface area (Å²) in [5, 5.41) is 0. The smallest absolute Gasteiger partial charge is 0.310 e. The van der Waals surface area contributed by atoms with Gasteiger partial charge in [0.15, 0.2) is 0 Å². The molecule has 0 spiro atoms. The Morgan fingerprint density at radius 2 is 1.74 bits per heavy atom. The number of nitrogens with zero attached hydrogens (tertiary/aromatic N) is 3. The third-order valence-electron chi connectivity index (χ3n) is 6.09. The molecule has 1 atom stereocenters. The maximum Gasteiger partial charge on any atom is 0.310 e. The molecule has 0 aromatic heterocycles. The van der Waals surface area contributed by atoms with Gasteiger partial charge in [0.2, 0.25) is 21.8 Å². The summed E-state index contributed by atoms with van der Waals surface area (Å²) in [6, 6.07) is 6.57. The van der Waals surface area contributed by atoms with Crippen molar-refractivity contribution in [2.24, 2.45) is 5.92 Å². The fraction of sp³-hybridized carbons (Fsp3) is 0.625. The molecular formula is C24H37N3O6S. The number of hydrogen-bond acceptors (Lipinski definition) is 6. The Balaban J connectivity index is 1.87. The van der Waals surface area contributed by atoms with E-state index < -0.39 is 10.0 Å². The number of piperidine rings is 1. The molecule has 190 valence electrons. The molecule has 1 aromatic rings. The van der Waals surface area contributed by atoms with Crippen molar-refractivity contribution >= 4 is 27.8 Å². The Hall–Kier alpha value is -2.46. The molecular weight excluding hydrogens is 458 g/mol. The lowest BCUT2D eigenvalue weighted by Crippen LogP contribution is -2.47. The monoisotopic (exact) mass is 495 g/mol. The first-order valence-electron chi connectivity index (χ1n) is 11.9. The average Bonchev–Trinajstić information content (AvgIpc) is 2.83. The third kappa shape index (κ3) is 7.27. The number of benzene rings is 1. The molecule has 2 amide bonds. The van der Waals surface area contributed by atoms with E-state index in [4.69, 9.17) is 4.74 Å². The maximum atomic E-state index is 12.7. The Labute approximate surface area is 203 Å². The van der Waals surface area contributed by atoms with Crippen LogP contribution in [-0.4, -0.2) is 86.7 Å². The quantitative estimate of drug-likeness (QED) is 0.435. The molecule has 1 aliphatic rings. The van der Waals surface area contributed by atoms with Gasteiger partial charge < -0.3 is 14.5 Å². The van der Waals surface area contributed by atoms with E-state index in [0.717, 1.165) is 12.0 Å². The summed E-state index contributed by atoms with van der Waals surface area (Å²) in [5.41, 5.74) is 0.847. The summed E-state index contributed by atoms with van der Waals surface area (Å²) < 4.78 is 31.6. The van der Waals surface area contributed by atoms with Gasteiger partial charge >= 0.3 is 5.97 Å². The predicted molar refractivity (Wildman–Crippen MR) is 128 cm³/mol. The number of rotatable bonds is 11. The zero-order chi connectivity index (χ0) is 25.3. The van der Waals surface area contributed by atoms with Crippen LogP contribution in [0.5, 0.6) is 0 Å². The molecule has 34 heavy (non-hydrogen) atoms. The highest BCUT2D eigenvalue weighted by Crippen LogP contribution is 2.19. The van der Waals surface area contributed by atoms with Gasteiger partial charge in [-0.25, -0.2) is 8.42 Å². The standard InChI is InChI=1S/C24H37N3O6S/c1-5-27(6-2)34(31,32)21-13-10-19(11-14-21)12-15-22(28)25(4)18-23(29)26-16-8-9-20(17-26)24(30)33-7-3/h10-11,13-14,20H,5-9,12,15-18H2,1-4H3. The highest BCUT2D eigenvalue weighted by atomic mass is 32.2. The van der Waals surface area contributed by atoms with E-state index in [0.29, 0.717) is 45.6 Å². The van der Waals surface area contributed by atoms with Gasteiger partial charge in [0.1, 0.15) is 0 Å². The number of carbonyl (C=O) groups is 3. The van der Waals surface area contributed by atoms with Crippen LogP contribution in [0.25, 0.3) is 0 Å². The van der Waals surface area contributed by atoms with E-state index in [1.54, 1.807) is 57.0 Å². The van der Waals surface area contributed by atoms with Gasteiger partial charge in [0.05, 0.1) is 24.0 Å². The number of likely N-dealkylation sites (tertiary alicyclic amines) is 1. The Kier molecular flexibility index (Phi) is 10.5. The van der Waals surface area contributed by atoms with E-state index in [1.807, 2.05) is 0 Å². The maximum absolute atomic E-state index is 12.7. The number of aryl methyl sites for hydroxylation is 1. The van der Waals surface area contributed by atoms with E-state index in [2.05, 4.69) is 0 Å². The van der Waals surface area contributed by atoms with E-state index in [-0.39, 0.29) is 41.6 Å². The second-order valence-corrected chi connectivity index (χ2v) is 10.4. The van der Waals surface area contributed by atoms with Crippen LogP contribution in [0.3, 0.4) is 0 Å². The van der Waals surface area contributed by atoms with E-state index >= 15 is 0 Å². The van der Waals surface area contributed by atoms with Crippen molar-refractivity contribution < 1.29 is 27.5 Å². The number of ether oxygens (including phenoxy) is 1. The summed E-state index contributed by atoms with van der Waals surface area (Å²) in [6.45, 7) is 7.32. The SMILES string of the molecule is CCOC(=O)C1CCCN(C(=O)CN(C)C(=O)CCc2ccc(S(=O)(=O)N(CC)CC)cc2)C1. The number of esters is 1. The van der Waals surface area contributed by atoms with Crippen molar-refractivity contribution in [3.05, 3.63) is 29.8 Å². The van der Waals surface area contributed by atoms with Gasteiger partial charge in [-0.3, -0.25) is 14.4 Å². The minimum absolute atomic E-state index is 0.0462. The highest BCUT2D eigenvalue weighted by molar-refractivity contribution is 7.89. The highest BCUT2D eigenvalue weighted by Gasteiger charge is 2.30. The van der Waals surface area contributed by atoms with Crippen LogP contribution >= 0.6 is 0 Å². The summed E-state index contributed by atoms with van der Waals surface area (Å²) in [5.74, 6) is -0.949. The molecule has 1 heterocycles. The molecule has 1 unspecified atom stereocenters. The van der Waals surface area contributed by atoms with Gasteiger partial charge in [-0.05, 0) is 43.9 Å². The number of hydrogen-bond donors (Lipinski definition) is 0. The molecule has 10 heteroatoms. The molecule has 1 fully saturated rings. The summed E-state index contributed by atoms with van der Waals surface area (Å²) >= 11 is 0. The van der Waals surface area contributed by atoms with Crippen LogP contribution in [0.4, 0.5) is 0 Å². The first kappa shape index (κ1) is 27.8. The van der Waals surface area contributed by atoms with Gasteiger partial charge in [0, 0.05) is 39.6 Å². The summed E-state index contributed by atoms with van der Waals surface area (Å²) in [4.78, 5) is 40.5. The first-order chi connectivity index (χ1) is 16.1. The van der Waals surface area contributed by atoms with Crippen molar-refractivity contribution in [2.45, 2.75) is 51.3 Å². The largest absolute Gasteiger partial charge is 0.466 e. The second-order valence-electron chi connectivity index (χ2n) is 8.41. The van der Waals surface area contributed by atoms with Crippen LogP contribution in [0.2, 0.25) is 0 Å². The van der Waals surface area contributed by atoms with Gasteiger partial charge in [-0.2, -0.15) is 4.31 Å². The Bertz CT molecular complexity index is 944. The van der Waals surface area contributed by atoms with Crippen LogP contribution in [0, 0.1) is 5.92 Å². The van der Waals surface area contributed by atoms with Gasteiger partial charge in [0.25, 0.3) is 0 Å². The van der Waals surface area contributed by atoms with Crippen molar-refractivity contribution in [3.8, 4) is 0 Å². The molecule has 1 saturated heterocycles. The van der Waals surface area contributed by atoms with Crippen molar-refractivity contribution in [3.63, 3.8) is 0 Å². The first-order valence-corrected chi connectivity index (χ1v) is 13.3. The lowest BCUT2D eigenvalue weighted by molar-refractivity contribution is -0.152. The molecule has 1 aliphatic heterocycles. The lowest BCUT2D eigenvalue weighted by Gasteiger charge is -2.32. The van der Waals surface area contributed by atoms with Crippen molar-refractivity contribution in [2.75, 3.05) is 46.4 Å². The minimum Gasteiger partial charge on any atom is -0.466 e. The minimum atomic E-state index is -3.51. The van der Waals surface area contributed by atoms with Gasteiger partial charge in [-0.15, -0.1) is 0 Å². The Morgan fingerprint density at radius 1 is 1.09 bits per heavy atom. The second kappa shape index (κ2) is 12.9. The topological polar surface area (TPSA) is 104 Å². The predicted octanol–water partition coefficient (Wildman–Crippen LogP) is 1.91. The molecule has 0 saturated carbocycles. The average molecular weight is 496 g/mol. The summed E-state index contributed by atoms with van der Waals surface area (Å²) in [7, 11) is -1.92. The van der Waals surface area contributed by atoms with E-state index in [1.165, 1.54) is 9.21 Å².